The molecule has 1 aromatic heterocycles. The zero-order valence-electron chi connectivity index (χ0n) is 16.8. The third kappa shape index (κ3) is 4.55. The van der Waals surface area contributed by atoms with Crippen molar-refractivity contribution in [2.75, 3.05) is 13.1 Å². The van der Waals surface area contributed by atoms with Gasteiger partial charge in [0.25, 0.3) is 0 Å². The van der Waals surface area contributed by atoms with E-state index in [1.54, 1.807) is 12.1 Å². The van der Waals surface area contributed by atoms with Crippen LogP contribution in [0.15, 0.2) is 53.5 Å². The van der Waals surface area contributed by atoms with Gasteiger partial charge in [0.15, 0.2) is 5.96 Å². The van der Waals surface area contributed by atoms with Crippen molar-refractivity contribution in [2.45, 2.75) is 31.7 Å². The van der Waals surface area contributed by atoms with Gasteiger partial charge in [-0.2, -0.15) is 0 Å². The number of imidazole rings is 1. The van der Waals surface area contributed by atoms with Crippen molar-refractivity contribution in [3.05, 3.63) is 65.7 Å². The molecule has 3 aromatic rings. The first-order valence-electron chi connectivity index (χ1n) is 9.80. The number of guanidine groups is 1. The van der Waals surface area contributed by atoms with Crippen molar-refractivity contribution in [3.8, 4) is 0 Å². The second kappa shape index (κ2) is 9.11. The van der Waals surface area contributed by atoms with Gasteiger partial charge in [0.2, 0.25) is 0 Å². The van der Waals surface area contributed by atoms with Crippen LogP contribution >= 0.6 is 24.0 Å². The molecule has 0 amide bonds. The molecule has 2 aromatic carbocycles. The zero-order valence-corrected chi connectivity index (χ0v) is 19.1. The average molecular weight is 507 g/mol. The van der Waals surface area contributed by atoms with Crippen molar-refractivity contribution in [2.24, 2.45) is 12.0 Å². The minimum atomic E-state index is -0.126. The fraction of sp³-hybridized carbons (Fsp3) is 0.364. The van der Waals surface area contributed by atoms with Gasteiger partial charge in [-0.05, 0) is 43.5 Å². The SMILES string of the molecule is CCNC(=NCc1nc2ccccc2n1C)NCC1(c2ccccc2F)CC1.I. The number of aromatic nitrogens is 2. The van der Waals surface area contributed by atoms with E-state index in [4.69, 9.17) is 4.99 Å². The van der Waals surface area contributed by atoms with Crippen LogP contribution in [0.1, 0.15) is 31.2 Å². The highest BCUT2D eigenvalue weighted by atomic mass is 127. The third-order valence-corrected chi connectivity index (χ3v) is 5.50. The summed E-state index contributed by atoms with van der Waals surface area (Å²) in [7, 11) is 2.01. The van der Waals surface area contributed by atoms with Crippen molar-refractivity contribution < 1.29 is 4.39 Å². The topological polar surface area (TPSA) is 54.2 Å². The summed E-state index contributed by atoms with van der Waals surface area (Å²) in [5.74, 6) is 1.52. The van der Waals surface area contributed by atoms with E-state index in [0.29, 0.717) is 13.1 Å². The number of halogens is 2. The summed E-state index contributed by atoms with van der Waals surface area (Å²) in [6.07, 6.45) is 1.98. The number of fused-ring (bicyclic) bond motifs is 1. The van der Waals surface area contributed by atoms with Crippen LogP contribution in [-0.4, -0.2) is 28.6 Å². The zero-order chi connectivity index (χ0) is 19.6. The Bertz CT molecular complexity index is 1010. The lowest BCUT2D eigenvalue weighted by atomic mass is 9.95. The molecule has 0 bridgehead atoms. The van der Waals surface area contributed by atoms with Gasteiger partial charge in [0.05, 0.1) is 11.0 Å². The number of para-hydroxylation sites is 2. The van der Waals surface area contributed by atoms with Gasteiger partial charge < -0.3 is 15.2 Å². The van der Waals surface area contributed by atoms with Crippen LogP contribution in [0.2, 0.25) is 0 Å². The molecule has 0 radical (unpaired) electrons. The molecule has 154 valence electrons. The van der Waals surface area contributed by atoms with E-state index in [0.717, 1.165) is 47.8 Å². The summed E-state index contributed by atoms with van der Waals surface area (Å²) in [6, 6.07) is 15.2. The molecule has 1 saturated carbocycles. The smallest absolute Gasteiger partial charge is 0.191 e. The van der Waals surface area contributed by atoms with Gasteiger partial charge in [-0.15, -0.1) is 24.0 Å². The summed E-state index contributed by atoms with van der Waals surface area (Å²) < 4.78 is 16.3. The number of nitrogens with zero attached hydrogens (tertiary/aromatic N) is 3. The van der Waals surface area contributed by atoms with Gasteiger partial charge in [-0.1, -0.05) is 30.3 Å². The number of benzene rings is 2. The van der Waals surface area contributed by atoms with Crippen LogP contribution in [0.3, 0.4) is 0 Å². The van der Waals surface area contributed by atoms with Gasteiger partial charge in [-0.25, -0.2) is 14.4 Å². The Kier molecular flexibility index (Phi) is 6.77. The Hall–Kier alpha value is -2.16. The fourth-order valence-electron chi connectivity index (χ4n) is 3.66. The van der Waals surface area contributed by atoms with E-state index in [1.165, 1.54) is 0 Å². The second-order valence-corrected chi connectivity index (χ2v) is 7.38. The Morgan fingerprint density at radius 2 is 1.86 bits per heavy atom. The highest BCUT2D eigenvalue weighted by Gasteiger charge is 2.45. The standard InChI is InChI=1S/C22H26FN5.HI/c1-3-24-21(25-14-20-27-18-10-6-7-11-19(18)28(20)2)26-15-22(12-13-22)16-8-4-5-9-17(16)23;/h4-11H,3,12-15H2,1-2H3,(H2,24,25,26);1H. The Morgan fingerprint density at radius 1 is 1.14 bits per heavy atom. The van der Waals surface area contributed by atoms with Gasteiger partial charge in [0.1, 0.15) is 18.2 Å². The number of hydrogen-bond donors (Lipinski definition) is 2. The predicted octanol–water partition coefficient (Wildman–Crippen LogP) is 4.12. The summed E-state index contributed by atoms with van der Waals surface area (Å²) in [6.45, 7) is 3.95. The fourth-order valence-corrected chi connectivity index (χ4v) is 3.66. The quantitative estimate of drug-likeness (QED) is 0.300. The minimum absolute atomic E-state index is 0. The van der Waals surface area contributed by atoms with E-state index in [2.05, 4.69) is 26.3 Å². The molecule has 0 spiro atoms. The van der Waals surface area contributed by atoms with Gasteiger partial charge in [0, 0.05) is 25.6 Å². The lowest BCUT2D eigenvalue weighted by molar-refractivity contribution is 0.559. The van der Waals surface area contributed by atoms with E-state index in [-0.39, 0.29) is 35.2 Å². The van der Waals surface area contributed by atoms with Crippen LogP contribution in [0.4, 0.5) is 4.39 Å². The first-order chi connectivity index (χ1) is 13.6. The molecule has 7 heteroatoms. The molecule has 2 N–H and O–H groups in total. The molecule has 1 aliphatic carbocycles. The maximum atomic E-state index is 14.2. The largest absolute Gasteiger partial charge is 0.357 e. The Labute approximate surface area is 187 Å². The van der Waals surface area contributed by atoms with E-state index >= 15 is 0 Å². The molecule has 0 saturated heterocycles. The number of aliphatic imine (C=N–C) groups is 1. The lowest BCUT2D eigenvalue weighted by Gasteiger charge is -2.19. The number of nitrogens with one attached hydrogen (secondary N) is 2. The highest BCUT2D eigenvalue weighted by molar-refractivity contribution is 14.0. The average Bonchev–Trinajstić information content (AvgIpc) is 3.43. The van der Waals surface area contributed by atoms with Crippen molar-refractivity contribution in [3.63, 3.8) is 0 Å². The van der Waals surface area contributed by atoms with Gasteiger partial charge >= 0.3 is 0 Å². The molecule has 0 unspecified atom stereocenters. The van der Waals surface area contributed by atoms with Crippen LogP contribution in [0.5, 0.6) is 0 Å². The molecule has 0 aliphatic heterocycles. The van der Waals surface area contributed by atoms with Crippen LogP contribution in [-0.2, 0) is 19.0 Å². The molecule has 4 rings (SSSR count). The molecule has 29 heavy (non-hydrogen) atoms. The van der Waals surface area contributed by atoms with E-state index in [1.807, 2.05) is 44.3 Å². The molecule has 1 aliphatic rings. The maximum absolute atomic E-state index is 14.2. The maximum Gasteiger partial charge on any atom is 0.191 e. The molecule has 1 heterocycles. The van der Waals surface area contributed by atoms with Crippen molar-refractivity contribution in [1.82, 2.24) is 20.2 Å². The monoisotopic (exact) mass is 507 g/mol. The predicted molar refractivity (Wildman–Crippen MR) is 126 cm³/mol. The second-order valence-electron chi connectivity index (χ2n) is 7.38. The molecule has 0 atom stereocenters. The third-order valence-electron chi connectivity index (χ3n) is 5.50. The van der Waals surface area contributed by atoms with Gasteiger partial charge in [-0.3, -0.25) is 0 Å². The number of rotatable bonds is 6. The Balaban J connectivity index is 0.00000240. The lowest BCUT2D eigenvalue weighted by Crippen LogP contribution is -2.41. The molecule has 5 nitrogen and oxygen atoms in total. The summed E-state index contributed by atoms with van der Waals surface area (Å²) in [5.41, 5.74) is 2.75. The van der Waals surface area contributed by atoms with Crippen molar-refractivity contribution in [1.29, 1.82) is 0 Å². The van der Waals surface area contributed by atoms with Crippen LogP contribution in [0, 0.1) is 5.82 Å². The minimum Gasteiger partial charge on any atom is -0.357 e. The summed E-state index contributed by atoms with van der Waals surface area (Å²) >= 11 is 0. The number of hydrogen-bond acceptors (Lipinski definition) is 2. The summed E-state index contributed by atoms with van der Waals surface area (Å²) in [5, 5.41) is 6.69. The highest BCUT2D eigenvalue weighted by Crippen LogP contribution is 2.48. The first-order valence-corrected chi connectivity index (χ1v) is 9.80. The van der Waals surface area contributed by atoms with E-state index < -0.39 is 0 Å². The molecular formula is C22H27FIN5. The molecular weight excluding hydrogens is 480 g/mol. The van der Waals surface area contributed by atoms with Crippen LogP contribution in [0.25, 0.3) is 11.0 Å². The van der Waals surface area contributed by atoms with Crippen molar-refractivity contribution >= 4 is 41.0 Å². The summed E-state index contributed by atoms with van der Waals surface area (Å²) in [4.78, 5) is 9.38. The number of aryl methyl sites for hydroxylation is 1. The molecule has 1 fully saturated rings. The Morgan fingerprint density at radius 3 is 2.55 bits per heavy atom. The van der Waals surface area contributed by atoms with E-state index in [9.17, 15) is 4.39 Å². The first kappa shape index (κ1) is 21.5. The van der Waals surface area contributed by atoms with Crippen LogP contribution < -0.4 is 10.6 Å². The normalized spacial score (nSPS) is 15.1.